The summed E-state index contributed by atoms with van der Waals surface area (Å²) in [6, 6.07) is 2.72. The Hall–Kier alpha value is -2.68. The number of carbonyl (C=O) groups excluding carboxylic acids is 2. The van der Waals surface area contributed by atoms with Crippen LogP contribution in [0.3, 0.4) is 0 Å². The second-order valence-electron chi connectivity index (χ2n) is 4.85. The molecule has 1 aliphatic carbocycles. The number of anilines is 1. The molecule has 0 fully saturated rings. The van der Waals surface area contributed by atoms with Crippen molar-refractivity contribution >= 4 is 34.9 Å². The summed E-state index contributed by atoms with van der Waals surface area (Å²) in [4.78, 5) is 30.8. The number of carbonyl (C=O) groups is 2. The molecule has 0 saturated carbocycles. The fourth-order valence-corrected chi connectivity index (χ4v) is 2.10. The van der Waals surface area contributed by atoms with E-state index in [2.05, 4.69) is 20.0 Å². The Morgan fingerprint density at radius 1 is 1.36 bits per heavy atom. The molecule has 0 bridgehead atoms. The maximum absolute atomic E-state index is 12.2. The molecule has 1 aliphatic rings. The summed E-state index contributed by atoms with van der Waals surface area (Å²) in [5.41, 5.74) is 0.319. The van der Waals surface area contributed by atoms with E-state index in [1.807, 2.05) is 0 Å². The zero-order valence-corrected chi connectivity index (χ0v) is 13.5. The average Bonchev–Trinajstić information content (AvgIpc) is 2.48. The molecule has 2 rings (SSSR count). The standard InChI is InChI=1S/C15H11ClF3N3O3/c1-8(23)21-13-6-9(4-5-20-13)14(24)22-10-2-3-12(11(16)7-10)25-15(17,18)19/h2-6H,7H2,1H3,(H,20,21,23). The van der Waals surface area contributed by atoms with Crippen LogP contribution in [0.5, 0.6) is 0 Å². The van der Waals surface area contributed by atoms with Crippen molar-refractivity contribution in [1.82, 2.24) is 4.98 Å². The molecular formula is C15H11ClF3N3O3. The molecular weight excluding hydrogens is 363 g/mol. The minimum atomic E-state index is -4.86. The van der Waals surface area contributed by atoms with Gasteiger partial charge in [-0.05, 0) is 24.3 Å². The molecule has 0 spiro atoms. The Morgan fingerprint density at radius 3 is 2.68 bits per heavy atom. The second kappa shape index (κ2) is 7.47. The molecule has 0 radical (unpaired) electrons. The van der Waals surface area contributed by atoms with Crippen molar-refractivity contribution in [2.75, 3.05) is 5.32 Å². The largest absolute Gasteiger partial charge is 0.573 e. The van der Waals surface area contributed by atoms with Crippen molar-refractivity contribution in [3.63, 3.8) is 0 Å². The number of rotatable bonds is 3. The van der Waals surface area contributed by atoms with Crippen LogP contribution in [-0.4, -0.2) is 28.9 Å². The quantitative estimate of drug-likeness (QED) is 0.878. The number of aliphatic imine (C=N–C) groups is 1. The van der Waals surface area contributed by atoms with E-state index in [1.165, 1.54) is 31.3 Å². The minimum Gasteiger partial charge on any atom is -0.405 e. The third kappa shape index (κ3) is 5.71. The van der Waals surface area contributed by atoms with Gasteiger partial charge in [0, 0.05) is 25.1 Å². The highest BCUT2D eigenvalue weighted by atomic mass is 35.5. The van der Waals surface area contributed by atoms with E-state index in [4.69, 9.17) is 11.6 Å². The molecule has 0 atom stereocenters. The third-order valence-electron chi connectivity index (χ3n) is 2.81. The number of hydrogen-bond acceptors (Lipinski definition) is 4. The number of nitrogens with one attached hydrogen (secondary N) is 1. The van der Waals surface area contributed by atoms with Gasteiger partial charge in [0.2, 0.25) is 5.91 Å². The van der Waals surface area contributed by atoms with Gasteiger partial charge in [-0.25, -0.2) is 9.98 Å². The summed E-state index contributed by atoms with van der Waals surface area (Å²) in [6.45, 7) is 1.29. The van der Waals surface area contributed by atoms with Gasteiger partial charge in [0.15, 0.2) is 0 Å². The first-order chi connectivity index (χ1) is 11.6. The van der Waals surface area contributed by atoms with E-state index in [0.717, 1.165) is 6.08 Å². The molecule has 1 aromatic heterocycles. The highest BCUT2D eigenvalue weighted by Crippen LogP contribution is 2.29. The number of nitrogens with zero attached hydrogens (tertiary/aromatic N) is 2. The molecule has 1 aromatic rings. The van der Waals surface area contributed by atoms with E-state index in [0.29, 0.717) is 0 Å². The van der Waals surface area contributed by atoms with Crippen LogP contribution in [0.15, 0.2) is 46.3 Å². The van der Waals surface area contributed by atoms with Gasteiger partial charge in [-0.1, -0.05) is 11.6 Å². The highest BCUT2D eigenvalue weighted by molar-refractivity contribution is 6.32. The zero-order valence-electron chi connectivity index (χ0n) is 12.7. The number of aromatic nitrogens is 1. The van der Waals surface area contributed by atoms with Crippen LogP contribution in [0.1, 0.15) is 23.7 Å². The fraction of sp³-hybridized carbons (Fsp3) is 0.200. The number of alkyl halides is 3. The van der Waals surface area contributed by atoms with Crippen molar-refractivity contribution in [3.8, 4) is 0 Å². The smallest absolute Gasteiger partial charge is 0.405 e. The first-order valence-corrected chi connectivity index (χ1v) is 7.20. The first-order valence-electron chi connectivity index (χ1n) is 6.82. The maximum atomic E-state index is 12.2. The van der Waals surface area contributed by atoms with Gasteiger partial charge in [0.25, 0.3) is 5.91 Å². The van der Waals surface area contributed by atoms with Crippen molar-refractivity contribution < 1.29 is 27.5 Å². The minimum absolute atomic E-state index is 0.150. The number of allylic oxidation sites excluding steroid dienone is 3. The Bertz CT molecular complexity index is 801. The van der Waals surface area contributed by atoms with Crippen molar-refractivity contribution in [2.45, 2.75) is 19.7 Å². The Labute approximate surface area is 145 Å². The molecule has 0 saturated heterocycles. The molecule has 6 nitrogen and oxygen atoms in total. The maximum Gasteiger partial charge on any atom is 0.573 e. The van der Waals surface area contributed by atoms with Crippen molar-refractivity contribution in [3.05, 3.63) is 46.8 Å². The molecule has 25 heavy (non-hydrogen) atoms. The summed E-state index contributed by atoms with van der Waals surface area (Å²) >= 11 is 5.75. The summed E-state index contributed by atoms with van der Waals surface area (Å²) in [5.74, 6) is -1.38. The van der Waals surface area contributed by atoms with Gasteiger partial charge in [0.05, 0.1) is 10.7 Å². The van der Waals surface area contributed by atoms with Crippen LogP contribution in [0.25, 0.3) is 0 Å². The van der Waals surface area contributed by atoms with Gasteiger partial charge >= 0.3 is 6.36 Å². The van der Waals surface area contributed by atoms with Crippen LogP contribution in [0.2, 0.25) is 0 Å². The normalized spacial score (nSPS) is 16.1. The monoisotopic (exact) mass is 373 g/mol. The number of pyridine rings is 1. The van der Waals surface area contributed by atoms with Gasteiger partial charge < -0.3 is 10.1 Å². The molecule has 0 aromatic carbocycles. The van der Waals surface area contributed by atoms with Crippen LogP contribution in [0, 0.1) is 0 Å². The van der Waals surface area contributed by atoms with Crippen LogP contribution < -0.4 is 5.32 Å². The predicted molar refractivity (Wildman–Crippen MR) is 84.1 cm³/mol. The number of ether oxygens (including phenoxy) is 1. The lowest BCUT2D eigenvalue weighted by Crippen LogP contribution is -2.15. The third-order valence-corrected chi connectivity index (χ3v) is 3.13. The highest BCUT2D eigenvalue weighted by Gasteiger charge is 2.33. The van der Waals surface area contributed by atoms with Crippen molar-refractivity contribution in [2.24, 2.45) is 4.99 Å². The lowest BCUT2D eigenvalue weighted by atomic mass is 10.1. The van der Waals surface area contributed by atoms with E-state index < -0.39 is 18.0 Å². The number of amides is 2. The van der Waals surface area contributed by atoms with Gasteiger partial charge in [-0.3, -0.25) is 9.59 Å². The fourth-order valence-electron chi connectivity index (χ4n) is 1.87. The van der Waals surface area contributed by atoms with Crippen LogP contribution in [0.4, 0.5) is 19.0 Å². The van der Waals surface area contributed by atoms with E-state index in [-0.39, 0.29) is 34.5 Å². The summed E-state index contributed by atoms with van der Waals surface area (Å²) < 4.78 is 40.4. The molecule has 132 valence electrons. The lowest BCUT2D eigenvalue weighted by molar-refractivity contribution is -0.303. The number of hydrogen-bond donors (Lipinski definition) is 1. The summed E-state index contributed by atoms with van der Waals surface area (Å²) in [5, 5.41) is 2.20. The molecule has 0 aliphatic heterocycles. The Morgan fingerprint density at radius 2 is 2.08 bits per heavy atom. The Balaban J connectivity index is 2.13. The number of halogens is 4. The van der Waals surface area contributed by atoms with Crippen LogP contribution >= 0.6 is 11.6 Å². The Kier molecular flexibility index (Phi) is 5.58. The van der Waals surface area contributed by atoms with Crippen molar-refractivity contribution in [1.29, 1.82) is 0 Å². The van der Waals surface area contributed by atoms with Gasteiger partial charge in [-0.15, -0.1) is 13.2 Å². The summed E-state index contributed by atoms with van der Waals surface area (Å²) in [6.07, 6.45) is -1.53. The molecule has 1 N–H and O–H groups in total. The first kappa shape index (κ1) is 18.7. The predicted octanol–water partition coefficient (Wildman–Crippen LogP) is 3.57. The van der Waals surface area contributed by atoms with E-state index >= 15 is 0 Å². The zero-order chi connectivity index (χ0) is 18.6. The van der Waals surface area contributed by atoms with E-state index in [9.17, 15) is 22.8 Å². The lowest BCUT2D eigenvalue weighted by Gasteiger charge is -2.15. The SMILES string of the molecule is CC(=O)Nc1cc(C(=O)N=C2C=CC(OC(F)(F)F)=C(Cl)C2)ccn1. The molecule has 1 heterocycles. The van der Waals surface area contributed by atoms with Gasteiger partial charge in [0.1, 0.15) is 11.6 Å². The summed E-state index contributed by atoms with van der Waals surface area (Å²) in [7, 11) is 0. The van der Waals surface area contributed by atoms with Crippen LogP contribution in [-0.2, 0) is 9.53 Å². The average molecular weight is 374 g/mol. The topological polar surface area (TPSA) is 80.7 Å². The molecule has 2 amide bonds. The van der Waals surface area contributed by atoms with E-state index in [1.54, 1.807) is 0 Å². The molecule has 10 heteroatoms. The second-order valence-corrected chi connectivity index (χ2v) is 5.30. The van der Waals surface area contributed by atoms with Gasteiger partial charge in [-0.2, -0.15) is 0 Å². The molecule has 0 unspecified atom stereocenters.